The molecule has 1 aliphatic heterocycles. The van der Waals surface area contributed by atoms with Crippen molar-refractivity contribution in [2.45, 2.75) is 37.6 Å². The Hall–Kier alpha value is -1.51. The van der Waals surface area contributed by atoms with E-state index >= 15 is 0 Å². The molecule has 0 bridgehead atoms. The number of nitrogens with one attached hydrogen (secondary N) is 1. The van der Waals surface area contributed by atoms with Gasteiger partial charge in [0, 0.05) is 32.2 Å². The minimum Gasteiger partial charge on any atom is -0.352 e. The number of amides is 1. The molecule has 25 heavy (non-hydrogen) atoms. The molecule has 1 amide bonds. The van der Waals surface area contributed by atoms with Crippen LogP contribution in [-0.4, -0.2) is 61.8 Å². The molecule has 0 aromatic heterocycles. The SMILES string of the molecule is CC(C(=O)NC1CC1)N1CCN(S(=O)(=O)Cc2ccc(F)cc2)CC1. The lowest BCUT2D eigenvalue weighted by Crippen LogP contribution is -2.55. The fourth-order valence-corrected chi connectivity index (χ4v) is 4.48. The second-order valence-electron chi connectivity index (χ2n) is 6.78. The first kappa shape index (κ1) is 18.3. The van der Waals surface area contributed by atoms with Gasteiger partial charge in [-0.15, -0.1) is 0 Å². The molecule has 1 N–H and O–H groups in total. The first-order valence-corrected chi connectivity index (χ1v) is 10.2. The van der Waals surface area contributed by atoms with Crippen molar-refractivity contribution < 1.29 is 17.6 Å². The highest BCUT2D eigenvalue weighted by Gasteiger charge is 2.32. The van der Waals surface area contributed by atoms with Crippen LogP contribution in [-0.2, 0) is 20.6 Å². The number of nitrogens with zero attached hydrogens (tertiary/aromatic N) is 2. The van der Waals surface area contributed by atoms with Gasteiger partial charge in [-0.1, -0.05) is 12.1 Å². The van der Waals surface area contributed by atoms with Crippen molar-refractivity contribution in [1.82, 2.24) is 14.5 Å². The van der Waals surface area contributed by atoms with Crippen molar-refractivity contribution in [3.8, 4) is 0 Å². The lowest BCUT2D eigenvalue weighted by molar-refractivity contribution is -0.126. The van der Waals surface area contributed by atoms with Crippen LogP contribution >= 0.6 is 0 Å². The van der Waals surface area contributed by atoms with Crippen LogP contribution in [0.4, 0.5) is 4.39 Å². The van der Waals surface area contributed by atoms with Crippen molar-refractivity contribution in [3.05, 3.63) is 35.6 Å². The summed E-state index contributed by atoms with van der Waals surface area (Å²) in [6, 6.07) is 5.60. The van der Waals surface area contributed by atoms with Gasteiger partial charge in [0.05, 0.1) is 11.8 Å². The van der Waals surface area contributed by atoms with Crippen LogP contribution < -0.4 is 5.32 Å². The summed E-state index contributed by atoms with van der Waals surface area (Å²) >= 11 is 0. The van der Waals surface area contributed by atoms with Crippen LogP contribution in [0.25, 0.3) is 0 Å². The Morgan fingerprint density at radius 1 is 1.20 bits per heavy atom. The van der Waals surface area contributed by atoms with E-state index in [0.717, 1.165) is 12.8 Å². The van der Waals surface area contributed by atoms with Crippen LogP contribution in [0.5, 0.6) is 0 Å². The fourth-order valence-electron chi connectivity index (χ4n) is 2.97. The molecule has 1 saturated heterocycles. The third-order valence-electron chi connectivity index (χ3n) is 4.78. The van der Waals surface area contributed by atoms with Gasteiger partial charge in [0.15, 0.2) is 0 Å². The van der Waals surface area contributed by atoms with Gasteiger partial charge in [-0.05, 0) is 37.5 Å². The van der Waals surface area contributed by atoms with Crippen LogP contribution in [0.15, 0.2) is 24.3 Å². The molecule has 1 aromatic rings. The summed E-state index contributed by atoms with van der Waals surface area (Å²) < 4.78 is 39.5. The first-order valence-electron chi connectivity index (χ1n) is 8.62. The molecule has 1 saturated carbocycles. The van der Waals surface area contributed by atoms with Gasteiger partial charge in [0.1, 0.15) is 5.82 Å². The van der Waals surface area contributed by atoms with Gasteiger partial charge < -0.3 is 5.32 Å². The zero-order chi connectivity index (χ0) is 18.0. The summed E-state index contributed by atoms with van der Waals surface area (Å²) in [5, 5.41) is 2.99. The second-order valence-corrected chi connectivity index (χ2v) is 8.75. The molecule has 1 aromatic carbocycles. The molecule has 0 radical (unpaired) electrons. The largest absolute Gasteiger partial charge is 0.352 e. The summed E-state index contributed by atoms with van der Waals surface area (Å²) in [5.74, 6) is -0.497. The number of benzene rings is 1. The minimum atomic E-state index is -3.44. The molecule has 6 nitrogen and oxygen atoms in total. The highest BCUT2D eigenvalue weighted by molar-refractivity contribution is 7.88. The smallest absolute Gasteiger partial charge is 0.237 e. The molecule has 0 spiro atoms. The van der Waals surface area contributed by atoms with E-state index in [-0.39, 0.29) is 23.5 Å². The summed E-state index contributed by atoms with van der Waals surface area (Å²) in [4.78, 5) is 14.1. The van der Waals surface area contributed by atoms with E-state index in [0.29, 0.717) is 37.8 Å². The van der Waals surface area contributed by atoms with Crippen molar-refractivity contribution in [3.63, 3.8) is 0 Å². The minimum absolute atomic E-state index is 0.0186. The highest BCUT2D eigenvalue weighted by Crippen LogP contribution is 2.20. The lowest BCUT2D eigenvalue weighted by atomic mass is 10.2. The first-order chi connectivity index (χ1) is 11.8. The van der Waals surface area contributed by atoms with Gasteiger partial charge in [-0.2, -0.15) is 4.31 Å². The highest BCUT2D eigenvalue weighted by atomic mass is 32.2. The second kappa shape index (κ2) is 7.39. The third kappa shape index (κ3) is 4.77. The number of hydrogen-bond acceptors (Lipinski definition) is 4. The van der Waals surface area contributed by atoms with Crippen molar-refractivity contribution in [2.24, 2.45) is 0 Å². The van der Waals surface area contributed by atoms with E-state index in [4.69, 9.17) is 0 Å². The Bertz CT molecular complexity index is 711. The number of sulfonamides is 1. The Morgan fingerprint density at radius 2 is 1.80 bits per heavy atom. The zero-order valence-corrected chi connectivity index (χ0v) is 15.1. The number of halogens is 1. The number of hydrogen-bond donors (Lipinski definition) is 1. The zero-order valence-electron chi connectivity index (χ0n) is 14.3. The molecular formula is C17H24FN3O3S. The number of piperazine rings is 1. The summed E-state index contributed by atoms with van der Waals surface area (Å²) in [7, 11) is -3.44. The molecule has 1 atom stereocenters. The number of rotatable bonds is 6. The summed E-state index contributed by atoms with van der Waals surface area (Å²) in [5.41, 5.74) is 0.570. The average molecular weight is 369 g/mol. The third-order valence-corrected chi connectivity index (χ3v) is 6.63. The van der Waals surface area contributed by atoms with Crippen LogP contribution in [0, 0.1) is 5.82 Å². The van der Waals surface area contributed by atoms with Crippen molar-refractivity contribution in [2.75, 3.05) is 26.2 Å². The molecule has 1 heterocycles. The summed E-state index contributed by atoms with van der Waals surface area (Å²) in [6.07, 6.45) is 2.10. The molecular weight excluding hydrogens is 345 g/mol. The normalized spacial score (nSPS) is 21.0. The van der Waals surface area contributed by atoms with E-state index in [1.165, 1.54) is 28.6 Å². The Labute approximate surface area is 148 Å². The fraction of sp³-hybridized carbons (Fsp3) is 0.588. The van der Waals surface area contributed by atoms with Gasteiger partial charge in [-0.3, -0.25) is 9.69 Å². The predicted octanol–water partition coefficient (Wildman–Crippen LogP) is 0.940. The van der Waals surface area contributed by atoms with E-state index in [2.05, 4.69) is 5.32 Å². The van der Waals surface area contributed by atoms with E-state index in [1.807, 2.05) is 11.8 Å². The van der Waals surface area contributed by atoms with Crippen molar-refractivity contribution >= 4 is 15.9 Å². The topological polar surface area (TPSA) is 69.7 Å². The Morgan fingerprint density at radius 3 is 2.36 bits per heavy atom. The standard InChI is InChI=1S/C17H24FN3O3S/c1-13(17(22)19-16-6-7-16)20-8-10-21(11-9-20)25(23,24)12-14-2-4-15(18)5-3-14/h2-5,13,16H,6-12H2,1H3,(H,19,22). The van der Waals surface area contributed by atoms with Gasteiger partial charge in [0.25, 0.3) is 0 Å². The maximum Gasteiger partial charge on any atom is 0.237 e. The van der Waals surface area contributed by atoms with E-state index in [9.17, 15) is 17.6 Å². The number of carbonyl (C=O) groups excluding carboxylic acids is 1. The molecule has 2 fully saturated rings. The quantitative estimate of drug-likeness (QED) is 0.810. The molecule has 1 unspecified atom stereocenters. The summed E-state index contributed by atoms with van der Waals surface area (Å²) in [6.45, 7) is 3.65. The van der Waals surface area contributed by atoms with Gasteiger partial charge in [-0.25, -0.2) is 12.8 Å². The maximum absolute atomic E-state index is 12.9. The monoisotopic (exact) mass is 369 g/mol. The lowest BCUT2D eigenvalue weighted by Gasteiger charge is -2.36. The van der Waals surface area contributed by atoms with Crippen LogP contribution in [0.3, 0.4) is 0 Å². The predicted molar refractivity (Wildman–Crippen MR) is 92.8 cm³/mol. The Kier molecular flexibility index (Phi) is 5.41. The van der Waals surface area contributed by atoms with Crippen LogP contribution in [0.2, 0.25) is 0 Å². The van der Waals surface area contributed by atoms with Crippen molar-refractivity contribution in [1.29, 1.82) is 0 Å². The maximum atomic E-state index is 12.9. The van der Waals surface area contributed by atoms with E-state index < -0.39 is 10.0 Å². The molecule has 8 heteroatoms. The van der Waals surface area contributed by atoms with Gasteiger partial charge in [0.2, 0.25) is 15.9 Å². The molecule has 3 rings (SSSR count). The van der Waals surface area contributed by atoms with Gasteiger partial charge >= 0.3 is 0 Å². The average Bonchev–Trinajstić information content (AvgIpc) is 3.40. The molecule has 138 valence electrons. The number of carbonyl (C=O) groups is 1. The molecule has 2 aliphatic rings. The Balaban J connectivity index is 1.53. The molecule has 1 aliphatic carbocycles. The van der Waals surface area contributed by atoms with Crippen LogP contribution in [0.1, 0.15) is 25.3 Å². The van der Waals surface area contributed by atoms with E-state index in [1.54, 1.807) is 0 Å².